The second-order valence-electron chi connectivity index (χ2n) is 6.46. The predicted octanol–water partition coefficient (Wildman–Crippen LogP) is 3.20. The number of nitrogens with zero attached hydrogens (tertiary/aromatic N) is 1. The largest absolute Gasteiger partial charge is 0.389 e. The van der Waals surface area contributed by atoms with Crippen molar-refractivity contribution in [2.75, 3.05) is 26.2 Å². The molecular formula is C17H26ClNO2. The van der Waals surface area contributed by atoms with Gasteiger partial charge < -0.3 is 14.7 Å². The van der Waals surface area contributed by atoms with E-state index >= 15 is 0 Å². The molecule has 0 aromatic heterocycles. The van der Waals surface area contributed by atoms with Gasteiger partial charge in [-0.25, -0.2) is 0 Å². The number of ether oxygens (including phenoxy) is 1. The molecule has 1 N–H and O–H groups in total. The van der Waals surface area contributed by atoms with Crippen molar-refractivity contribution >= 4 is 11.6 Å². The van der Waals surface area contributed by atoms with Crippen LogP contribution in [0.15, 0.2) is 24.3 Å². The van der Waals surface area contributed by atoms with Gasteiger partial charge in [0.2, 0.25) is 0 Å². The molecule has 4 heteroatoms. The van der Waals surface area contributed by atoms with Crippen molar-refractivity contribution in [1.29, 1.82) is 0 Å². The van der Waals surface area contributed by atoms with E-state index in [4.69, 9.17) is 16.3 Å². The van der Waals surface area contributed by atoms with Gasteiger partial charge in [-0.1, -0.05) is 37.6 Å². The van der Waals surface area contributed by atoms with Crippen LogP contribution in [-0.4, -0.2) is 42.4 Å². The number of hydrogen-bond acceptors (Lipinski definition) is 3. The number of β-amino-alcohol motifs (C(OH)–C–C–N with tert-alkyl or cyclic N) is 1. The van der Waals surface area contributed by atoms with Gasteiger partial charge in [0.1, 0.15) is 0 Å². The lowest BCUT2D eigenvalue weighted by Gasteiger charge is -2.35. The summed E-state index contributed by atoms with van der Waals surface area (Å²) in [4.78, 5) is 2.36. The summed E-state index contributed by atoms with van der Waals surface area (Å²) < 4.78 is 5.60. The number of likely N-dealkylation sites (tertiary alicyclic amines) is 1. The molecule has 118 valence electrons. The van der Waals surface area contributed by atoms with Crippen molar-refractivity contribution in [2.24, 2.45) is 11.8 Å². The van der Waals surface area contributed by atoms with Crippen molar-refractivity contribution < 1.29 is 9.84 Å². The van der Waals surface area contributed by atoms with Gasteiger partial charge in [0.05, 0.1) is 19.3 Å². The molecule has 1 heterocycles. The van der Waals surface area contributed by atoms with Crippen molar-refractivity contribution in [1.82, 2.24) is 4.90 Å². The third-order valence-electron chi connectivity index (χ3n) is 3.91. The van der Waals surface area contributed by atoms with E-state index in [1.165, 1.54) is 6.42 Å². The van der Waals surface area contributed by atoms with Crippen LogP contribution < -0.4 is 0 Å². The molecule has 0 bridgehead atoms. The number of halogens is 1. The van der Waals surface area contributed by atoms with Gasteiger partial charge in [-0.3, -0.25) is 0 Å². The zero-order chi connectivity index (χ0) is 15.2. The SMILES string of the molecule is C[C@@H]1C[C@H](C)CN(C[C@H](O)COCc2ccc(Cl)cc2)C1. The van der Waals surface area contributed by atoms with Gasteiger partial charge >= 0.3 is 0 Å². The minimum atomic E-state index is -0.421. The van der Waals surface area contributed by atoms with Crippen LogP contribution in [0.25, 0.3) is 0 Å². The van der Waals surface area contributed by atoms with Crippen LogP contribution in [0.2, 0.25) is 5.02 Å². The molecule has 1 aromatic rings. The van der Waals surface area contributed by atoms with Gasteiger partial charge in [-0.15, -0.1) is 0 Å². The maximum absolute atomic E-state index is 10.1. The highest BCUT2D eigenvalue weighted by molar-refractivity contribution is 6.30. The summed E-state index contributed by atoms with van der Waals surface area (Å²) >= 11 is 5.84. The molecule has 1 aliphatic heterocycles. The molecule has 0 unspecified atom stereocenters. The summed E-state index contributed by atoms with van der Waals surface area (Å²) in [7, 11) is 0. The van der Waals surface area contributed by atoms with E-state index in [2.05, 4.69) is 18.7 Å². The van der Waals surface area contributed by atoms with Crippen molar-refractivity contribution in [3.05, 3.63) is 34.9 Å². The molecule has 3 atom stereocenters. The lowest BCUT2D eigenvalue weighted by atomic mass is 9.92. The molecule has 0 spiro atoms. The molecule has 2 rings (SSSR count). The number of hydrogen-bond donors (Lipinski definition) is 1. The van der Waals surface area contributed by atoms with Crippen molar-refractivity contribution in [3.8, 4) is 0 Å². The molecule has 1 saturated heterocycles. The fraction of sp³-hybridized carbons (Fsp3) is 0.647. The highest BCUT2D eigenvalue weighted by Crippen LogP contribution is 2.21. The monoisotopic (exact) mass is 311 g/mol. The number of benzene rings is 1. The first-order chi connectivity index (χ1) is 10.0. The van der Waals surface area contributed by atoms with Gasteiger partial charge in [0, 0.05) is 24.7 Å². The number of rotatable bonds is 6. The lowest BCUT2D eigenvalue weighted by molar-refractivity contribution is -0.000893. The van der Waals surface area contributed by atoms with Gasteiger partial charge in [0.15, 0.2) is 0 Å². The average molecular weight is 312 g/mol. The average Bonchev–Trinajstić information content (AvgIpc) is 2.39. The van der Waals surface area contributed by atoms with E-state index < -0.39 is 6.10 Å². The summed E-state index contributed by atoms with van der Waals surface area (Å²) in [6, 6.07) is 7.60. The maximum Gasteiger partial charge on any atom is 0.0900 e. The summed E-state index contributed by atoms with van der Waals surface area (Å²) in [5.74, 6) is 1.44. The van der Waals surface area contributed by atoms with Crippen molar-refractivity contribution in [2.45, 2.75) is 33.0 Å². The van der Waals surface area contributed by atoms with Gasteiger partial charge in [-0.05, 0) is 36.0 Å². The highest BCUT2D eigenvalue weighted by atomic mass is 35.5. The first-order valence-corrected chi connectivity index (χ1v) is 8.13. The van der Waals surface area contributed by atoms with Crippen LogP contribution in [0.1, 0.15) is 25.8 Å². The summed E-state index contributed by atoms with van der Waals surface area (Å²) in [5, 5.41) is 10.8. The van der Waals surface area contributed by atoms with E-state index in [0.29, 0.717) is 19.8 Å². The molecule has 0 radical (unpaired) electrons. The first kappa shape index (κ1) is 16.8. The maximum atomic E-state index is 10.1. The Balaban J connectivity index is 1.67. The normalized spacial score (nSPS) is 25.0. The van der Waals surface area contributed by atoms with E-state index in [1.807, 2.05) is 24.3 Å². The third kappa shape index (κ3) is 5.95. The Morgan fingerprint density at radius 3 is 2.48 bits per heavy atom. The molecule has 3 nitrogen and oxygen atoms in total. The minimum Gasteiger partial charge on any atom is -0.389 e. The molecule has 0 aliphatic carbocycles. The second kappa shape index (κ2) is 8.14. The molecule has 0 saturated carbocycles. The minimum absolute atomic E-state index is 0.377. The predicted molar refractivity (Wildman–Crippen MR) is 86.5 cm³/mol. The van der Waals surface area contributed by atoms with Crippen LogP contribution >= 0.6 is 11.6 Å². The Labute approximate surface area is 132 Å². The zero-order valence-electron chi connectivity index (χ0n) is 13.0. The molecule has 0 amide bonds. The Hall–Kier alpha value is -0.610. The summed E-state index contributed by atoms with van der Waals surface area (Å²) in [5.41, 5.74) is 1.08. The molecule has 1 fully saturated rings. The first-order valence-electron chi connectivity index (χ1n) is 7.75. The fourth-order valence-electron chi connectivity index (χ4n) is 3.19. The smallest absolute Gasteiger partial charge is 0.0900 e. The standard InChI is InChI=1S/C17H26ClNO2/c1-13-7-14(2)9-19(8-13)10-17(20)12-21-11-15-3-5-16(18)6-4-15/h3-6,13-14,17,20H,7-12H2,1-2H3/t13-,14+,17-/m0/s1. The number of aliphatic hydroxyl groups is 1. The number of aliphatic hydroxyl groups excluding tert-OH is 1. The summed E-state index contributed by atoms with van der Waals surface area (Å²) in [6.45, 7) is 8.33. The highest BCUT2D eigenvalue weighted by Gasteiger charge is 2.23. The molecule has 1 aliphatic rings. The fourth-order valence-corrected chi connectivity index (χ4v) is 3.31. The van der Waals surface area contributed by atoms with E-state index in [9.17, 15) is 5.11 Å². The molecule has 1 aromatic carbocycles. The Bertz CT molecular complexity index is 413. The Morgan fingerprint density at radius 1 is 1.24 bits per heavy atom. The van der Waals surface area contributed by atoms with Crippen LogP contribution in [0.3, 0.4) is 0 Å². The van der Waals surface area contributed by atoms with Crippen molar-refractivity contribution in [3.63, 3.8) is 0 Å². The molecular weight excluding hydrogens is 286 g/mol. The van der Waals surface area contributed by atoms with Crippen LogP contribution in [-0.2, 0) is 11.3 Å². The Kier molecular flexibility index (Phi) is 6.49. The van der Waals surface area contributed by atoms with E-state index in [0.717, 1.165) is 35.5 Å². The van der Waals surface area contributed by atoms with E-state index in [-0.39, 0.29) is 0 Å². The van der Waals surface area contributed by atoms with Crippen LogP contribution in [0.4, 0.5) is 0 Å². The van der Waals surface area contributed by atoms with Gasteiger partial charge in [-0.2, -0.15) is 0 Å². The van der Waals surface area contributed by atoms with Crippen LogP contribution in [0, 0.1) is 11.8 Å². The number of piperidine rings is 1. The molecule has 21 heavy (non-hydrogen) atoms. The van der Waals surface area contributed by atoms with Gasteiger partial charge in [0.25, 0.3) is 0 Å². The van der Waals surface area contributed by atoms with Crippen LogP contribution in [0.5, 0.6) is 0 Å². The second-order valence-corrected chi connectivity index (χ2v) is 6.90. The summed E-state index contributed by atoms with van der Waals surface area (Å²) in [6.07, 6.45) is 0.870. The topological polar surface area (TPSA) is 32.7 Å². The zero-order valence-corrected chi connectivity index (χ0v) is 13.7. The third-order valence-corrected chi connectivity index (χ3v) is 4.16. The lowest BCUT2D eigenvalue weighted by Crippen LogP contribution is -2.43. The Morgan fingerprint density at radius 2 is 1.86 bits per heavy atom. The van der Waals surface area contributed by atoms with E-state index in [1.54, 1.807) is 0 Å². The quantitative estimate of drug-likeness (QED) is 0.875.